The first kappa shape index (κ1) is 18.3. The Balaban J connectivity index is 0.000000677. The standard InChI is InChI=1S/C13H16N4O.2ClH.Zr/c1-13(2,3)10-6-4-7-11(12(10)18)15-16-17-9-5-8-14-17;;;/h4-9,18H,1-3H3;2*1H;/q;;;+2/p-2. The summed E-state index contributed by atoms with van der Waals surface area (Å²) in [7, 11) is 9.87. The van der Waals surface area contributed by atoms with Gasteiger partial charge in [-0.15, -0.1) is 9.91 Å². The van der Waals surface area contributed by atoms with Crippen molar-refractivity contribution < 1.29 is 26.0 Å². The van der Waals surface area contributed by atoms with Gasteiger partial charge in [-0.05, 0) is 22.8 Å². The number of nitrogens with zero attached hydrogens (tertiary/aromatic N) is 4. The third kappa shape index (κ3) is 5.89. The van der Waals surface area contributed by atoms with Crippen molar-refractivity contribution in [2.75, 3.05) is 0 Å². The number of halogens is 2. The van der Waals surface area contributed by atoms with Gasteiger partial charge in [0, 0.05) is 5.56 Å². The van der Waals surface area contributed by atoms with E-state index in [2.05, 4.69) is 15.4 Å². The van der Waals surface area contributed by atoms with Gasteiger partial charge in [0.05, 0.1) is 12.4 Å². The molecule has 0 radical (unpaired) electrons. The molecule has 0 atom stereocenters. The van der Waals surface area contributed by atoms with Crippen LogP contribution in [0.25, 0.3) is 0 Å². The second-order valence-corrected chi connectivity index (χ2v) is 8.84. The SMILES string of the molecule is CC(C)(C)c1cccc(N=Nn2cccn2)c1O.[Cl][Zr][Cl]. The Kier molecular flexibility index (Phi) is 7.57. The number of aromatic nitrogens is 2. The monoisotopic (exact) mass is 404 g/mol. The average Bonchev–Trinajstić information content (AvgIpc) is 2.90. The molecule has 21 heavy (non-hydrogen) atoms. The number of para-hydroxylation sites is 1. The quantitative estimate of drug-likeness (QED) is 0.728. The van der Waals surface area contributed by atoms with Crippen molar-refractivity contribution in [1.82, 2.24) is 9.89 Å². The van der Waals surface area contributed by atoms with Crippen molar-refractivity contribution in [1.29, 1.82) is 0 Å². The van der Waals surface area contributed by atoms with Crippen LogP contribution in [0.2, 0.25) is 0 Å². The summed E-state index contributed by atoms with van der Waals surface area (Å²) >= 11 is -0.826. The second kappa shape index (κ2) is 8.67. The molecule has 0 bridgehead atoms. The van der Waals surface area contributed by atoms with Gasteiger partial charge >= 0.3 is 37.9 Å². The number of phenols is 1. The van der Waals surface area contributed by atoms with Crippen LogP contribution in [0.5, 0.6) is 5.75 Å². The fourth-order valence-corrected chi connectivity index (χ4v) is 1.62. The number of aromatic hydroxyl groups is 1. The Labute approximate surface area is 142 Å². The predicted octanol–water partition coefficient (Wildman–Crippen LogP) is 4.81. The van der Waals surface area contributed by atoms with Gasteiger partial charge in [0.15, 0.2) is 0 Å². The molecule has 0 spiro atoms. The minimum absolute atomic E-state index is 0.138. The first-order valence-electron chi connectivity index (χ1n) is 6.10. The Hall–Kier alpha value is -0.707. The van der Waals surface area contributed by atoms with Crippen molar-refractivity contribution in [3.05, 3.63) is 42.2 Å². The third-order valence-electron chi connectivity index (χ3n) is 2.56. The summed E-state index contributed by atoms with van der Waals surface area (Å²) in [6.45, 7) is 6.11. The summed E-state index contributed by atoms with van der Waals surface area (Å²) in [6.07, 6.45) is 3.29. The molecule has 0 saturated carbocycles. The molecule has 5 nitrogen and oxygen atoms in total. The maximum atomic E-state index is 10.2. The van der Waals surface area contributed by atoms with E-state index in [4.69, 9.17) is 17.0 Å². The molecule has 1 heterocycles. The van der Waals surface area contributed by atoms with Crippen LogP contribution >= 0.6 is 17.0 Å². The summed E-state index contributed by atoms with van der Waals surface area (Å²) < 4.78 is 0. The van der Waals surface area contributed by atoms with E-state index in [0.29, 0.717) is 5.69 Å². The van der Waals surface area contributed by atoms with Crippen LogP contribution in [-0.2, 0) is 26.3 Å². The zero-order chi connectivity index (χ0) is 15.9. The molecule has 0 aliphatic carbocycles. The molecule has 0 saturated heterocycles. The molecule has 1 N–H and O–H groups in total. The Bertz CT molecular complexity index is 582. The molecular weight excluding hydrogens is 390 g/mol. The van der Waals surface area contributed by atoms with Gasteiger partial charge in [0.25, 0.3) is 0 Å². The van der Waals surface area contributed by atoms with E-state index in [1.165, 1.54) is 4.79 Å². The van der Waals surface area contributed by atoms with Gasteiger partial charge in [-0.2, -0.15) is 5.10 Å². The average molecular weight is 406 g/mol. The molecule has 1 aromatic carbocycles. The van der Waals surface area contributed by atoms with E-state index in [0.717, 1.165) is 5.56 Å². The maximum absolute atomic E-state index is 10.2. The molecule has 2 aromatic rings. The van der Waals surface area contributed by atoms with Gasteiger partial charge in [-0.3, -0.25) is 0 Å². The molecule has 2 rings (SSSR count). The van der Waals surface area contributed by atoms with E-state index >= 15 is 0 Å². The van der Waals surface area contributed by atoms with Crippen molar-refractivity contribution in [2.45, 2.75) is 26.2 Å². The van der Waals surface area contributed by atoms with Gasteiger partial charge in [-0.1, -0.05) is 32.9 Å². The van der Waals surface area contributed by atoms with Crippen molar-refractivity contribution in [3.63, 3.8) is 0 Å². The van der Waals surface area contributed by atoms with E-state index < -0.39 is 20.8 Å². The minimum atomic E-state index is -0.826. The molecule has 112 valence electrons. The van der Waals surface area contributed by atoms with Crippen LogP contribution in [0.4, 0.5) is 5.69 Å². The van der Waals surface area contributed by atoms with Gasteiger partial charge in [-0.25, -0.2) is 0 Å². The second-order valence-electron chi connectivity index (χ2n) is 5.11. The Morgan fingerprint density at radius 2 is 1.90 bits per heavy atom. The molecule has 0 aliphatic heterocycles. The number of phenolic OH excluding ortho intramolecular Hbond substituents is 1. The summed E-state index contributed by atoms with van der Waals surface area (Å²) in [5.74, 6) is 0.168. The molecule has 0 unspecified atom stereocenters. The molecule has 1 aromatic heterocycles. The fourth-order valence-electron chi connectivity index (χ4n) is 1.62. The van der Waals surface area contributed by atoms with Crippen molar-refractivity contribution in [3.8, 4) is 5.75 Å². The predicted molar refractivity (Wildman–Crippen MR) is 80.7 cm³/mol. The first-order valence-corrected chi connectivity index (χ1v) is 12.4. The zero-order valence-corrected chi connectivity index (χ0v) is 15.9. The summed E-state index contributed by atoms with van der Waals surface area (Å²) in [5.41, 5.74) is 1.15. The van der Waals surface area contributed by atoms with Crippen LogP contribution in [0.3, 0.4) is 0 Å². The van der Waals surface area contributed by atoms with Crippen LogP contribution in [0, 0.1) is 0 Å². The number of benzene rings is 1. The molecule has 8 heteroatoms. The number of hydrogen-bond acceptors (Lipinski definition) is 4. The molecule has 0 amide bonds. The Morgan fingerprint density at radius 3 is 2.43 bits per heavy atom. The van der Waals surface area contributed by atoms with Gasteiger partial charge in [0.2, 0.25) is 0 Å². The Morgan fingerprint density at radius 1 is 1.24 bits per heavy atom. The third-order valence-corrected chi connectivity index (χ3v) is 2.56. The van der Waals surface area contributed by atoms with Crippen LogP contribution < -0.4 is 0 Å². The van der Waals surface area contributed by atoms with Gasteiger partial charge in [0.1, 0.15) is 11.4 Å². The normalized spacial score (nSPS) is 11.1. The topological polar surface area (TPSA) is 62.8 Å². The summed E-state index contributed by atoms with van der Waals surface area (Å²) in [6, 6.07) is 7.22. The number of rotatable bonds is 2. The van der Waals surface area contributed by atoms with E-state index in [-0.39, 0.29) is 11.2 Å². The van der Waals surface area contributed by atoms with E-state index in [9.17, 15) is 5.11 Å². The molecule has 0 aliphatic rings. The van der Waals surface area contributed by atoms with Crippen LogP contribution in [-0.4, -0.2) is 15.0 Å². The molecular formula is C13H16Cl2N4OZr. The van der Waals surface area contributed by atoms with Gasteiger partial charge < -0.3 is 5.11 Å². The van der Waals surface area contributed by atoms with Crippen LogP contribution in [0.1, 0.15) is 26.3 Å². The number of hydrogen-bond donors (Lipinski definition) is 1. The summed E-state index contributed by atoms with van der Waals surface area (Å²) in [5, 5.41) is 22.0. The van der Waals surface area contributed by atoms with Crippen molar-refractivity contribution >= 4 is 22.7 Å². The summed E-state index contributed by atoms with van der Waals surface area (Å²) in [4.78, 5) is 1.34. The molecule has 0 fully saturated rings. The zero-order valence-electron chi connectivity index (χ0n) is 12.0. The van der Waals surface area contributed by atoms with E-state index in [1.807, 2.05) is 32.9 Å². The fraction of sp³-hybridized carbons (Fsp3) is 0.308. The van der Waals surface area contributed by atoms with Crippen molar-refractivity contribution in [2.24, 2.45) is 10.3 Å². The first-order chi connectivity index (χ1) is 9.90. The van der Waals surface area contributed by atoms with Crippen LogP contribution in [0.15, 0.2) is 47.0 Å². The van der Waals surface area contributed by atoms with E-state index in [1.54, 1.807) is 24.5 Å².